The van der Waals surface area contributed by atoms with Gasteiger partial charge in [-0.05, 0) is 24.8 Å². The Hall–Kier alpha value is -2.37. The molecule has 124 valence electrons. The van der Waals surface area contributed by atoms with E-state index in [9.17, 15) is 14.4 Å². The molecular weight excluding hydrogens is 296 g/mol. The lowest BCUT2D eigenvalue weighted by atomic mass is 10.0. The molecule has 2 rings (SSSR count). The predicted octanol–water partition coefficient (Wildman–Crippen LogP) is 1.20. The minimum absolute atomic E-state index is 0.000422. The van der Waals surface area contributed by atoms with Crippen LogP contribution < -0.4 is 5.32 Å². The number of carboxylic acids is 1. The summed E-state index contributed by atoms with van der Waals surface area (Å²) >= 11 is 0. The van der Waals surface area contributed by atoms with Gasteiger partial charge in [-0.3, -0.25) is 14.4 Å². The molecule has 0 aliphatic carbocycles. The molecule has 0 bridgehead atoms. The van der Waals surface area contributed by atoms with Gasteiger partial charge in [-0.15, -0.1) is 0 Å². The number of rotatable bonds is 8. The number of nitrogens with zero attached hydrogens (tertiary/aromatic N) is 1. The van der Waals surface area contributed by atoms with E-state index in [1.54, 1.807) is 4.90 Å². The van der Waals surface area contributed by atoms with E-state index in [4.69, 9.17) is 5.11 Å². The van der Waals surface area contributed by atoms with Crippen molar-refractivity contribution in [3.05, 3.63) is 35.9 Å². The fourth-order valence-electron chi connectivity index (χ4n) is 2.74. The number of hydrogen-bond donors (Lipinski definition) is 2. The van der Waals surface area contributed by atoms with Crippen LogP contribution in [0.4, 0.5) is 0 Å². The van der Waals surface area contributed by atoms with Gasteiger partial charge in [0.05, 0.1) is 6.54 Å². The normalized spacial score (nSPS) is 15.5. The molecule has 1 fully saturated rings. The maximum absolute atomic E-state index is 12.1. The lowest BCUT2D eigenvalue weighted by Crippen LogP contribution is -2.43. The fourth-order valence-corrected chi connectivity index (χ4v) is 2.74. The molecule has 1 aromatic rings. The van der Waals surface area contributed by atoms with Crippen LogP contribution in [0, 0.1) is 0 Å². The highest BCUT2D eigenvalue weighted by molar-refractivity contribution is 5.86. The number of benzene rings is 1. The molecular formula is C17H22N2O4. The van der Waals surface area contributed by atoms with Gasteiger partial charge in [-0.1, -0.05) is 30.3 Å². The summed E-state index contributed by atoms with van der Waals surface area (Å²) in [5.74, 6) is -1.11. The molecule has 0 radical (unpaired) electrons. The van der Waals surface area contributed by atoms with Crippen molar-refractivity contribution >= 4 is 17.8 Å². The Kier molecular flexibility index (Phi) is 6.14. The summed E-state index contributed by atoms with van der Waals surface area (Å²) in [6, 6.07) is 9.38. The molecule has 1 aliphatic rings. The average Bonchev–Trinajstić information content (AvgIpc) is 2.91. The maximum atomic E-state index is 12.1. The molecule has 23 heavy (non-hydrogen) atoms. The Bertz CT molecular complexity index is 559. The number of carbonyl (C=O) groups excluding carboxylic acids is 2. The van der Waals surface area contributed by atoms with Crippen LogP contribution in [-0.2, 0) is 20.8 Å². The Balaban J connectivity index is 1.91. The number of carbonyl (C=O) groups is 3. The predicted molar refractivity (Wildman–Crippen MR) is 84.8 cm³/mol. The maximum Gasteiger partial charge on any atom is 0.303 e. The van der Waals surface area contributed by atoms with Crippen molar-refractivity contribution in [3.63, 3.8) is 0 Å². The smallest absolute Gasteiger partial charge is 0.303 e. The second-order valence-electron chi connectivity index (χ2n) is 5.81. The van der Waals surface area contributed by atoms with Crippen LogP contribution in [0.5, 0.6) is 0 Å². The average molecular weight is 318 g/mol. The first kappa shape index (κ1) is 17.0. The van der Waals surface area contributed by atoms with Gasteiger partial charge in [-0.2, -0.15) is 0 Å². The Morgan fingerprint density at radius 1 is 1.26 bits per heavy atom. The minimum Gasteiger partial charge on any atom is -0.481 e. The van der Waals surface area contributed by atoms with E-state index in [-0.39, 0.29) is 30.8 Å². The molecule has 2 amide bonds. The van der Waals surface area contributed by atoms with Gasteiger partial charge in [0.1, 0.15) is 0 Å². The van der Waals surface area contributed by atoms with Crippen molar-refractivity contribution in [2.75, 3.05) is 13.1 Å². The van der Waals surface area contributed by atoms with Crippen molar-refractivity contribution < 1.29 is 19.5 Å². The molecule has 0 aromatic heterocycles. The van der Waals surface area contributed by atoms with E-state index in [2.05, 4.69) is 5.32 Å². The van der Waals surface area contributed by atoms with Gasteiger partial charge in [0.25, 0.3) is 0 Å². The highest BCUT2D eigenvalue weighted by Gasteiger charge is 2.23. The van der Waals surface area contributed by atoms with Crippen LogP contribution in [0.15, 0.2) is 30.3 Å². The van der Waals surface area contributed by atoms with Gasteiger partial charge in [0.2, 0.25) is 11.8 Å². The van der Waals surface area contributed by atoms with Crippen LogP contribution in [0.1, 0.15) is 31.2 Å². The zero-order valence-electron chi connectivity index (χ0n) is 13.0. The Labute approximate surface area is 135 Å². The van der Waals surface area contributed by atoms with E-state index in [1.165, 1.54) is 0 Å². The van der Waals surface area contributed by atoms with Crippen molar-refractivity contribution in [3.8, 4) is 0 Å². The van der Waals surface area contributed by atoms with Crippen molar-refractivity contribution in [2.45, 2.75) is 38.1 Å². The van der Waals surface area contributed by atoms with Crippen LogP contribution in [0.25, 0.3) is 0 Å². The molecule has 2 N–H and O–H groups in total. The topological polar surface area (TPSA) is 86.7 Å². The zero-order chi connectivity index (χ0) is 16.7. The molecule has 1 heterocycles. The molecule has 1 aliphatic heterocycles. The van der Waals surface area contributed by atoms with Gasteiger partial charge in [-0.25, -0.2) is 0 Å². The Morgan fingerprint density at radius 2 is 2.00 bits per heavy atom. The SMILES string of the molecule is O=C(O)CCC(Cc1ccccc1)NC(=O)CN1CCCC1=O. The van der Waals surface area contributed by atoms with Crippen molar-refractivity contribution in [1.82, 2.24) is 10.2 Å². The third kappa shape index (κ3) is 5.73. The lowest BCUT2D eigenvalue weighted by molar-refractivity contribution is -0.137. The summed E-state index contributed by atoms with van der Waals surface area (Å²) in [5.41, 5.74) is 1.04. The van der Waals surface area contributed by atoms with E-state index < -0.39 is 5.97 Å². The summed E-state index contributed by atoms with van der Waals surface area (Å²) in [7, 11) is 0. The summed E-state index contributed by atoms with van der Waals surface area (Å²) < 4.78 is 0. The second kappa shape index (κ2) is 8.31. The zero-order valence-corrected chi connectivity index (χ0v) is 13.0. The summed E-state index contributed by atoms with van der Waals surface area (Å²) in [6.45, 7) is 0.669. The van der Waals surface area contributed by atoms with Gasteiger partial charge in [0.15, 0.2) is 0 Å². The van der Waals surface area contributed by atoms with Crippen LogP contribution in [0.2, 0.25) is 0 Å². The first-order chi connectivity index (χ1) is 11.0. The first-order valence-electron chi connectivity index (χ1n) is 7.87. The van der Waals surface area contributed by atoms with Gasteiger partial charge >= 0.3 is 5.97 Å². The highest BCUT2D eigenvalue weighted by atomic mass is 16.4. The van der Waals surface area contributed by atoms with Crippen LogP contribution in [0.3, 0.4) is 0 Å². The first-order valence-corrected chi connectivity index (χ1v) is 7.87. The number of carboxylic acid groups (broad SMARTS) is 1. The molecule has 1 saturated heterocycles. The monoisotopic (exact) mass is 318 g/mol. The molecule has 1 aromatic carbocycles. The highest BCUT2D eigenvalue weighted by Crippen LogP contribution is 2.10. The lowest BCUT2D eigenvalue weighted by Gasteiger charge is -2.21. The minimum atomic E-state index is -0.882. The number of aliphatic carboxylic acids is 1. The number of hydrogen-bond acceptors (Lipinski definition) is 3. The molecule has 0 saturated carbocycles. The summed E-state index contributed by atoms with van der Waals surface area (Å²) in [5, 5.41) is 11.7. The number of amides is 2. The van der Waals surface area contributed by atoms with E-state index in [1.807, 2.05) is 30.3 Å². The van der Waals surface area contributed by atoms with Crippen molar-refractivity contribution in [2.24, 2.45) is 0 Å². The van der Waals surface area contributed by atoms with Crippen LogP contribution in [-0.4, -0.2) is 46.9 Å². The third-order valence-electron chi connectivity index (χ3n) is 3.90. The second-order valence-corrected chi connectivity index (χ2v) is 5.81. The third-order valence-corrected chi connectivity index (χ3v) is 3.90. The number of likely N-dealkylation sites (tertiary alicyclic amines) is 1. The molecule has 1 atom stereocenters. The number of nitrogens with one attached hydrogen (secondary N) is 1. The summed E-state index contributed by atoms with van der Waals surface area (Å²) in [6.07, 6.45) is 2.23. The van der Waals surface area contributed by atoms with E-state index >= 15 is 0 Å². The van der Waals surface area contributed by atoms with Gasteiger partial charge < -0.3 is 15.3 Å². The quantitative estimate of drug-likeness (QED) is 0.754. The molecule has 6 nitrogen and oxygen atoms in total. The molecule has 6 heteroatoms. The fraction of sp³-hybridized carbons (Fsp3) is 0.471. The Morgan fingerprint density at radius 3 is 2.61 bits per heavy atom. The van der Waals surface area contributed by atoms with Crippen molar-refractivity contribution in [1.29, 1.82) is 0 Å². The molecule has 0 spiro atoms. The van der Waals surface area contributed by atoms with E-state index in [0.29, 0.717) is 25.8 Å². The standard InChI is InChI=1S/C17H22N2O4/c20-15(12-19-10-4-7-16(19)21)18-14(8-9-17(22)23)11-13-5-2-1-3-6-13/h1-3,5-6,14H,4,7-12H2,(H,18,20)(H,22,23). The largest absolute Gasteiger partial charge is 0.481 e. The van der Waals surface area contributed by atoms with E-state index in [0.717, 1.165) is 12.0 Å². The van der Waals surface area contributed by atoms with Gasteiger partial charge in [0, 0.05) is 25.4 Å². The summed E-state index contributed by atoms with van der Waals surface area (Å²) in [4.78, 5) is 36.1. The molecule has 1 unspecified atom stereocenters. The van der Waals surface area contributed by atoms with Crippen LogP contribution >= 0.6 is 0 Å².